The highest BCUT2D eigenvalue weighted by atomic mass is 32.2. The summed E-state index contributed by atoms with van der Waals surface area (Å²) < 4.78 is 26.8. The van der Waals surface area contributed by atoms with Gasteiger partial charge in [0.25, 0.3) is 5.69 Å². The molecule has 0 heterocycles. The molecule has 0 fully saturated rings. The fourth-order valence-corrected chi connectivity index (χ4v) is 2.94. The van der Waals surface area contributed by atoms with Gasteiger partial charge in [0.1, 0.15) is 5.69 Å². The first kappa shape index (κ1) is 16.4. The van der Waals surface area contributed by atoms with Gasteiger partial charge in [0.15, 0.2) is 0 Å². The Hall–Kier alpha value is -1.67. The highest BCUT2D eigenvalue weighted by molar-refractivity contribution is 7.89. The van der Waals surface area contributed by atoms with Gasteiger partial charge in [-0.2, -0.15) is 0 Å². The number of nitrogens with zero attached hydrogens (tertiary/aromatic N) is 1. The number of benzene rings is 1. The number of nitro groups is 1. The zero-order valence-electron chi connectivity index (χ0n) is 11.7. The number of anilines is 1. The summed E-state index contributed by atoms with van der Waals surface area (Å²) in [5, 5.41) is 13.7. The second-order valence-electron chi connectivity index (χ2n) is 4.40. The zero-order chi connectivity index (χ0) is 15.3. The minimum absolute atomic E-state index is 0.0133. The Labute approximate surface area is 118 Å². The van der Waals surface area contributed by atoms with E-state index in [4.69, 9.17) is 0 Å². The fraction of sp³-hybridized carbons (Fsp3) is 0.500. The van der Waals surface area contributed by atoms with Crippen LogP contribution in [-0.4, -0.2) is 25.9 Å². The number of nitro benzene ring substituents is 1. The summed E-state index contributed by atoms with van der Waals surface area (Å²) in [4.78, 5) is 10.4. The van der Waals surface area contributed by atoms with E-state index in [0.717, 1.165) is 0 Å². The third-order valence-electron chi connectivity index (χ3n) is 2.81. The van der Waals surface area contributed by atoms with Crippen molar-refractivity contribution in [1.82, 2.24) is 4.72 Å². The molecule has 1 atom stereocenters. The number of hydrogen-bond donors (Lipinski definition) is 2. The van der Waals surface area contributed by atoms with Crippen molar-refractivity contribution >= 4 is 21.4 Å². The molecule has 0 saturated heterocycles. The summed E-state index contributed by atoms with van der Waals surface area (Å²) in [6, 6.07) is 3.52. The Morgan fingerprint density at radius 2 is 2.00 bits per heavy atom. The SMILES string of the molecule is CCNc1cc(S(=O)(=O)NC(C)CC)ccc1[N+](=O)[O-]. The van der Waals surface area contributed by atoms with Crippen molar-refractivity contribution < 1.29 is 13.3 Å². The fourth-order valence-electron chi connectivity index (χ4n) is 1.59. The first-order chi connectivity index (χ1) is 9.31. The molecule has 8 heteroatoms. The molecule has 0 saturated carbocycles. The number of nitrogens with one attached hydrogen (secondary N) is 2. The predicted octanol–water partition coefficient (Wildman–Crippen LogP) is 2.10. The van der Waals surface area contributed by atoms with Gasteiger partial charge in [0.2, 0.25) is 10.0 Å². The van der Waals surface area contributed by atoms with Gasteiger partial charge in [-0.3, -0.25) is 10.1 Å². The maximum atomic E-state index is 12.1. The van der Waals surface area contributed by atoms with E-state index in [-0.39, 0.29) is 22.3 Å². The van der Waals surface area contributed by atoms with Gasteiger partial charge in [0, 0.05) is 18.7 Å². The Bertz CT molecular complexity index is 586. The highest BCUT2D eigenvalue weighted by Crippen LogP contribution is 2.27. The van der Waals surface area contributed by atoms with Crippen LogP contribution in [-0.2, 0) is 10.0 Å². The lowest BCUT2D eigenvalue weighted by atomic mass is 10.2. The maximum absolute atomic E-state index is 12.1. The normalized spacial score (nSPS) is 12.9. The first-order valence-corrected chi connectivity index (χ1v) is 7.84. The van der Waals surface area contributed by atoms with Crippen LogP contribution in [0.3, 0.4) is 0 Å². The molecular weight excluding hydrogens is 282 g/mol. The summed E-state index contributed by atoms with van der Waals surface area (Å²) in [5.74, 6) is 0. The van der Waals surface area contributed by atoms with Crippen molar-refractivity contribution in [1.29, 1.82) is 0 Å². The molecule has 0 spiro atoms. The minimum Gasteiger partial charge on any atom is -0.380 e. The van der Waals surface area contributed by atoms with E-state index in [1.165, 1.54) is 18.2 Å². The van der Waals surface area contributed by atoms with Gasteiger partial charge < -0.3 is 5.32 Å². The summed E-state index contributed by atoms with van der Waals surface area (Å²) in [6.07, 6.45) is 0.659. The van der Waals surface area contributed by atoms with Crippen LogP contribution < -0.4 is 10.0 Å². The second kappa shape index (κ2) is 6.67. The summed E-state index contributed by atoms with van der Waals surface area (Å²) in [5.41, 5.74) is 0.0545. The van der Waals surface area contributed by atoms with Crippen molar-refractivity contribution in [3.05, 3.63) is 28.3 Å². The van der Waals surface area contributed by atoms with Crippen LogP contribution in [0.15, 0.2) is 23.1 Å². The number of hydrogen-bond acceptors (Lipinski definition) is 5. The van der Waals surface area contributed by atoms with Crippen LogP contribution in [0, 0.1) is 10.1 Å². The minimum atomic E-state index is -3.67. The molecule has 1 aromatic carbocycles. The molecule has 1 unspecified atom stereocenters. The molecule has 20 heavy (non-hydrogen) atoms. The molecular formula is C12H19N3O4S. The molecule has 1 aromatic rings. The average molecular weight is 301 g/mol. The molecule has 0 bridgehead atoms. The van der Waals surface area contributed by atoms with Gasteiger partial charge >= 0.3 is 0 Å². The Morgan fingerprint density at radius 1 is 1.35 bits per heavy atom. The summed E-state index contributed by atoms with van der Waals surface area (Å²) >= 11 is 0. The molecule has 0 amide bonds. The molecule has 1 rings (SSSR count). The summed E-state index contributed by atoms with van der Waals surface area (Å²) in [7, 11) is -3.67. The molecule has 0 aliphatic heterocycles. The van der Waals surface area contributed by atoms with Crippen molar-refractivity contribution in [3.8, 4) is 0 Å². The van der Waals surface area contributed by atoms with E-state index < -0.39 is 14.9 Å². The van der Waals surface area contributed by atoms with Gasteiger partial charge in [-0.1, -0.05) is 6.92 Å². The Kier molecular flexibility index (Phi) is 5.46. The van der Waals surface area contributed by atoms with Crippen LogP contribution in [0.4, 0.5) is 11.4 Å². The lowest BCUT2D eigenvalue weighted by Gasteiger charge is -2.13. The lowest BCUT2D eigenvalue weighted by Crippen LogP contribution is -2.32. The van der Waals surface area contributed by atoms with E-state index in [1.54, 1.807) is 13.8 Å². The second-order valence-corrected chi connectivity index (χ2v) is 6.11. The van der Waals surface area contributed by atoms with Crippen LogP contribution in [0.25, 0.3) is 0 Å². The third kappa shape index (κ3) is 3.91. The van der Waals surface area contributed by atoms with Crippen molar-refractivity contribution in [2.24, 2.45) is 0 Å². The van der Waals surface area contributed by atoms with E-state index in [0.29, 0.717) is 13.0 Å². The molecule has 112 valence electrons. The third-order valence-corrected chi connectivity index (χ3v) is 4.40. The average Bonchev–Trinajstić information content (AvgIpc) is 2.38. The highest BCUT2D eigenvalue weighted by Gasteiger charge is 2.21. The van der Waals surface area contributed by atoms with E-state index in [1.807, 2.05) is 6.92 Å². The van der Waals surface area contributed by atoms with Gasteiger partial charge in [0.05, 0.1) is 9.82 Å². The lowest BCUT2D eigenvalue weighted by molar-refractivity contribution is -0.384. The number of sulfonamides is 1. The molecule has 7 nitrogen and oxygen atoms in total. The van der Waals surface area contributed by atoms with Crippen LogP contribution in [0.5, 0.6) is 0 Å². The molecule has 0 aliphatic carbocycles. The van der Waals surface area contributed by atoms with Crippen molar-refractivity contribution in [2.75, 3.05) is 11.9 Å². The van der Waals surface area contributed by atoms with Crippen LogP contribution in [0.2, 0.25) is 0 Å². The predicted molar refractivity (Wildman–Crippen MR) is 77.3 cm³/mol. The van der Waals surface area contributed by atoms with E-state index >= 15 is 0 Å². The monoisotopic (exact) mass is 301 g/mol. The maximum Gasteiger partial charge on any atom is 0.292 e. The van der Waals surface area contributed by atoms with Gasteiger partial charge in [-0.25, -0.2) is 13.1 Å². The molecule has 0 aliphatic rings. The summed E-state index contributed by atoms with van der Waals surface area (Å²) in [6.45, 7) is 5.87. The first-order valence-electron chi connectivity index (χ1n) is 6.36. The largest absolute Gasteiger partial charge is 0.380 e. The van der Waals surface area contributed by atoms with Gasteiger partial charge in [-0.05, 0) is 32.4 Å². The van der Waals surface area contributed by atoms with Crippen molar-refractivity contribution in [2.45, 2.75) is 38.1 Å². The standard InChI is InChI=1S/C12H19N3O4S/c1-4-9(3)14-20(18,19)10-6-7-12(15(16)17)11(8-10)13-5-2/h6-9,13-14H,4-5H2,1-3H3. The van der Waals surface area contributed by atoms with Gasteiger partial charge in [-0.15, -0.1) is 0 Å². The van der Waals surface area contributed by atoms with Crippen LogP contribution in [0.1, 0.15) is 27.2 Å². The topological polar surface area (TPSA) is 101 Å². The van der Waals surface area contributed by atoms with Crippen LogP contribution >= 0.6 is 0 Å². The Balaban J connectivity index is 3.20. The van der Waals surface area contributed by atoms with E-state index in [9.17, 15) is 18.5 Å². The zero-order valence-corrected chi connectivity index (χ0v) is 12.5. The molecule has 0 aromatic heterocycles. The number of rotatable bonds is 7. The van der Waals surface area contributed by atoms with Crippen molar-refractivity contribution in [3.63, 3.8) is 0 Å². The molecule has 2 N–H and O–H groups in total. The smallest absolute Gasteiger partial charge is 0.292 e. The van der Waals surface area contributed by atoms with E-state index in [2.05, 4.69) is 10.0 Å². The quantitative estimate of drug-likeness (QED) is 0.593. The Morgan fingerprint density at radius 3 is 2.50 bits per heavy atom. The molecule has 0 radical (unpaired) electrons.